The second kappa shape index (κ2) is 10.0. The van der Waals surface area contributed by atoms with Crippen molar-refractivity contribution in [2.75, 3.05) is 6.54 Å². The van der Waals surface area contributed by atoms with Crippen molar-refractivity contribution < 1.29 is 22.8 Å². The minimum Gasteiger partial charge on any atom is -0.340 e. The third-order valence-corrected chi connectivity index (χ3v) is 7.13. The summed E-state index contributed by atoms with van der Waals surface area (Å²) in [5, 5.41) is 9.13. The number of carbonyl (C=O) groups is 2. The van der Waals surface area contributed by atoms with E-state index in [1.54, 1.807) is 17.8 Å². The van der Waals surface area contributed by atoms with Crippen molar-refractivity contribution in [3.63, 3.8) is 0 Å². The number of amides is 1. The highest BCUT2D eigenvalue weighted by molar-refractivity contribution is 5.99. The number of aromatic nitrogens is 2. The van der Waals surface area contributed by atoms with E-state index in [9.17, 15) is 22.8 Å². The van der Waals surface area contributed by atoms with Crippen LogP contribution in [0.3, 0.4) is 0 Å². The summed E-state index contributed by atoms with van der Waals surface area (Å²) in [4.78, 5) is 31.7. The van der Waals surface area contributed by atoms with Crippen LogP contribution in [0.25, 0.3) is 11.0 Å². The standard InChI is InChI=1S/C28H29F3N4O2/c1-16(2)27(37)35-9-8-19(10-17(35)3)22-15-34(4)26-24(22)25(28(29,30)31)21(14-33-26)12-23(36)20-7-5-6-18(11-20)13-32/h5-7,11,14-17,19H,8-10,12H2,1-4H3/t17-,19+/m0/s1. The van der Waals surface area contributed by atoms with E-state index >= 15 is 0 Å². The first kappa shape index (κ1) is 26.4. The topological polar surface area (TPSA) is 79.0 Å². The van der Waals surface area contributed by atoms with Gasteiger partial charge in [0.2, 0.25) is 5.91 Å². The Kier molecular flexibility index (Phi) is 7.13. The molecule has 0 radical (unpaired) electrons. The molecule has 4 rings (SSSR count). The molecule has 3 aromatic rings. The van der Waals surface area contributed by atoms with E-state index in [1.165, 1.54) is 24.3 Å². The van der Waals surface area contributed by atoms with E-state index in [0.717, 1.165) is 6.20 Å². The van der Waals surface area contributed by atoms with Crippen LogP contribution in [0, 0.1) is 17.2 Å². The number of rotatable bonds is 5. The lowest BCUT2D eigenvalue weighted by atomic mass is 9.84. The van der Waals surface area contributed by atoms with Crippen LogP contribution in [0.15, 0.2) is 36.7 Å². The molecule has 1 saturated heterocycles. The van der Waals surface area contributed by atoms with Crippen LogP contribution in [-0.2, 0) is 24.4 Å². The maximum Gasteiger partial charge on any atom is 0.417 e. The highest BCUT2D eigenvalue weighted by Gasteiger charge is 2.40. The van der Waals surface area contributed by atoms with Gasteiger partial charge in [-0.3, -0.25) is 9.59 Å². The highest BCUT2D eigenvalue weighted by atomic mass is 19.4. The number of hydrogen-bond donors (Lipinski definition) is 0. The monoisotopic (exact) mass is 510 g/mol. The predicted molar refractivity (Wildman–Crippen MR) is 133 cm³/mol. The third-order valence-electron chi connectivity index (χ3n) is 7.13. The van der Waals surface area contributed by atoms with Gasteiger partial charge in [0.05, 0.1) is 17.2 Å². The lowest BCUT2D eigenvalue weighted by molar-refractivity contribution is -0.138. The van der Waals surface area contributed by atoms with Gasteiger partial charge in [0.15, 0.2) is 5.78 Å². The summed E-state index contributed by atoms with van der Waals surface area (Å²) in [5.41, 5.74) is 0.153. The average Bonchev–Trinajstić information content (AvgIpc) is 3.18. The van der Waals surface area contributed by atoms with Crippen LogP contribution >= 0.6 is 0 Å². The molecule has 3 heterocycles. The summed E-state index contributed by atoms with van der Waals surface area (Å²) in [7, 11) is 1.66. The molecular weight excluding hydrogens is 481 g/mol. The van der Waals surface area contributed by atoms with E-state index in [0.29, 0.717) is 24.9 Å². The number of hydrogen-bond acceptors (Lipinski definition) is 4. The van der Waals surface area contributed by atoms with Crippen LogP contribution in [0.2, 0.25) is 0 Å². The number of piperidine rings is 1. The molecule has 9 heteroatoms. The maximum atomic E-state index is 14.6. The fourth-order valence-electron chi connectivity index (χ4n) is 5.33. The zero-order valence-corrected chi connectivity index (χ0v) is 21.3. The molecule has 0 N–H and O–H groups in total. The van der Waals surface area contributed by atoms with E-state index in [4.69, 9.17) is 5.26 Å². The highest BCUT2D eigenvalue weighted by Crippen LogP contribution is 2.43. The van der Waals surface area contributed by atoms with Gasteiger partial charge in [0, 0.05) is 55.3 Å². The molecule has 194 valence electrons. The smallest absolute Gasteiger partial charge is 0.340 e. The molecule has 1 fully saturated rings. The van der Waals surface area contributed by atoms with Crippen LogP contribution in [0.5, 0.6) is 0 Å². The van der Waals surface area contributed by atoms with Gasteiger partial charge in [-0.25, -0.2) is 4.98 Å². The Morgan fingerprint density at radius 1 is 1.27 bits per heavy atom. The zero-order valence-electron chi connectivity index (χ0n) is 21.3. The number of halogens is 3. The summed E-state index contributed by atoms with van der Waals surface area (Å²) in [6, 6.07) is 7.76. The Hall–Kier alpha value is -3.67. The van der Waals surface area contributed by atoms with Gasteiger partial charge in [-0.05, 0) is 48.9 Å². The molecule has 0 unspecified atom stereocenters. The quantitative estimate of drug-likeness (QED) is 0.416. The van der Waals surface area contributed by atoms with Crippen LogP contribution in [-0.4, -0.2) is 38.7 Å². The number of aryl methyl sites for hydroxylation is 1. The molecular formula is C28H29F3N4O2. The number of nitrogens with zero attached hydrogens (tertiary/aromatic N) is 4. The first-order chi connectivity index (χ1) is 17.4. The summed E-state index contributed by atoms with van der Waals surface area (Å²) in [6.45, 7) is 6.08. The molecule has 1 amide bonds. The van der Waals surface area contributed by atoms with Gasteiger partial charge in [-0.2, -0.15) is 18.4 Å². The zero-order chi connectivity index (χ0) is 27.1. The summed E-state index contributed by atoms with van der Waals surface area (Å²) >= 11 is 0. The summed E-state index contributed by atoms with van der Waals surface area (Å²) in [6.07, 6.45) is -1.28. The fourth-order valence-corrected chi connectivity index (χ4v) is 5.33. The van der Waals surface area contributed by atoms with E-state index < -0.39 is 23.9 Å². The number of Topliss-reactive ketones (excluding diaryl/α,β-unsaturated/α-hetero) is 1. The molecule has 0 saturated carbocycles. The predicted octanol–water partition coefficient (Wildman–Crippen LogP) is 5.64. The molecule has 0 aliphatic carbocycles. The largest absolute Gasteiger partial charge is 0.417 e. The van der Waals surface area contributed by atoms with Gasteiger partial charge >= 0.3 is 6.18 Å². The van der Waals surface area contributed by atoms with Crippen molar-refractivity contribution in [2.45, 2.75) is 58.2 Å². The molecule has 0 bridgehead atoms. The van der Waals surface area contributed by atoms with Gasteiger partial charge < -0.3 is 9.47 Å². The SMILES string of the molecule is CC(C)C(=O)N1CC[C@@H](c2cn(C)c3ncc(CC(=O)c4cccc(C#N)c4)c(C(F)(F)F)c23)C[C@@H]1C. The Bertz CT molecular complexity index is 1400. The number of alkyl halides is 3. The molecule has 6 nitrogen and oxygen atoms in total. The Morgan fingerprint density at radius 2 is 2.00 bits per heavy atom. The minimum atomic E-state index is -4.71. The number of benzene rings is 1. The van der Waals surface area contributed by atoms with Crippen molar-refractivity contribution >= 4 is 22.7 Å². The van der Waals surface area contributed by atoms with Crippen molar-refractivity contribution in [2.24, 2.45) is 13.0 Å². The Morgan fingerprint density at radius 3 is 2.62 bits per heavy atom. The van der Waals surface area contributed by atoms with E-state index in [-0.39, 0.29) is 51.5 Å². The van der Waals surface area contributed by atoms with Crippen molar-refractivity contribution in [1.29, 1.82) is 5.26 Å². The first-order valence-electron chi connectivity index (χ1n) is 12.3. The number of likely N-dealkylation sites (tertiary alicyclic amines) is 1. The summed E-state index contributed by atoms with van der Waals surface area (Å²) < 4.78 is 45.4. The molecule has 1 aliphatic heterocycles. The molecule has 2 aromatic heterocycles. The molecule has 0 spiro atoms. The van der Waals surface area contributed by atoms with Gasteiger partial charge in [0.1, 0.15) is 5.65 Å². The lowest BCUT2D eigenvalue weighted by Gasteiger charge is -2.38. The van der Waals surface area contributed by atoms with E-state index in [1.807, 2.05) is 31.7 Å². The van der Waals surface area contributed by atoms with E-state index in [2.05, 4.69) is 4.98 Å². The number of ketones is 1. The lowest BCUT2D eigenvalue weighted by Crippen LogP contribution is -2.45. The number of fused-ring (bicyclic) bond motifs is 1. The van der Waals surface area contributed by atoms with Gasteiger partial charge in [-0.1, -0.05) is 26.0 Å². The van der Waals surface area contributed by atoms with Crippen molar-refractivity contribution in [3.8, 4) is 6.07 Å². The maximum absolute atomic E-state index is 14.6. The van der Waals surface area contributed by atoms with Crippen molar-refractivity contribution in [3.05, 3.63) is 64.5 Å². The van der Waals surface area contributed by atoms with Gasteiger partial charge in [-0.15, -0.1) is 0 Å². The minimum absolute atomic E-state index is 0.0203. The second-order valence-corrected chi connectivity index (χ2v) is 10.1. The number of carbonyl (C=O) groups excluding carboxylic acids is 2. The molecule has 1 aromatic carbocycles. The average molecular weight is 511 g/mol. The van der Waals surface area contributed by atoms with Crippen LogP contribution < -0.4 is 0 Å². The fraction of sp³-hybridized carbons (Fsp3) is 0.429. The molecule has 37 heavy (non-hydrogen) atoms. The van der Waals surface area contributed by atoms with Crippen LogP contribution in [0.4, 0.5) is 13.2 Å². The third kappa shape index (κ3) is 5.10. The van der Waals surface area contributed by atoms with Crippen molar-refractivity contribution in [1.82, 2.24) is 14.5 Å². The number of pyridine rings is 1. The Balaban J connectivity index is 1.76. The second-order valence-electron chi connectivity index (χ2n) is 10.1. The molecule has 2 atom stereocenters. The van der Waals surface area contributed by atoms with Gasteiger partial charge in [0.25, 0.3) is 0 Å². The first-order valence-corrected chi connectivity index (χ1v) is 12.3. The normalized spacial score (nSPS) is 18.3. The molecule has 1 aliphatic rings. The van der Waals surface area contributed by atoms with Crippen LogP contribution in [0.1, 0.15) is 72.1 Å². The summed E-state index contributed by atoms with van der Waals surface area (Å²) in [5.74, 6) is -0.805. The number of nitriles is 1. The Labute approximate surface area is 213 Å².